The Kier molecular flexibility index (Phi) is 3.20. The zero-order valence-electron chi connectivity index (χ0n) is 11.8. The first-order valence-corrected chi connectivity index (χ1v) is 7.90. The Morgan fingerprint density at radius 3 is 2.05 bits per heavy atom. The predicted octanol–water partition coefficient (Wildman–Crippen LogP) is 5.43. The zero-order chi connectivity index (χ0) is 14.9. The minimum atomic E-state index is 0.686. The van der Waals surface area contributed by atoms with E-state index in [0.717, 1.165) is 23.3 Å². The molecule has 106 valence electrons. The summed E-state index contributed by atoms with van der Waals surface area (Å²) in [6.45, 7) is 0. The van der Waals surface area contributed by atoms with Gasteiger partial charge in [-0.25, -0.2) is 0 Å². The van der Waals surface area contributed by atoms with Crippen LogP contribution in [0.5, 0.6) is 0 Å². The number of hydrogen-bond donors (Lipinski definition) is 0. The molecule has 0 N–H and O–H groups in total. The first-order chi connectivity index (χ1) is 10.9. The summed E-state index contributed by atoms with van der Waals surface area (Å²) in [5.41, 5.74) is 3.99. The number of anilines is 3. The van der Waals surface area contributed by atoms with Crippen LogP contribution in [0.3, 0.4) is 0 Å². The van der Waals surface area contributed by atoms with Gasteiger partial charge in [-0.1, -0.05) is 48.2 Å². The SMILES string of the molecule is O=Cc1cccc(N2c3ccccc3Sc3ccccc32)c1. The van der Waals surface area contributed by atoms with Gasteiger partial charge in [0.15, 0.2) is 0 Å². The number of carbonyl (C=O) groups excluding carboxylic acids is 1. The average Bonchev–Trinajstić information content (AvgIpc) is 2.59. The van der Waals surface area contributed by atoms with Crippen LogP contribution in [0.1, 0.15) is 10.4 Å². The zero-order valence-corrected chi connectivity index (χ0v) is 12.6. The Labute approximate surface area is 133 Å². The average molecular weight is 303 g/mol. The quantitative estimate of drug-likeness (QED) is 0.460. The van der Waals surface area contributed by atoms with Crippen LogP contribution in [0.2, 0.25) is 0 Å². The van der Waals surface area contributed by atoms with Gasteiger partial charge in [-0.3, -0.25) is 4.79 Å². The number of aldehydes is 1. The second kappa shape index (κ2) is 5.35. The molecule has 2 nitrogen and oxygen atoms in total. The van der Waals surface area contributed by atoms with Gasteiger partial charge in [0.05, 0.1) is 11.4 Å². The molecule has 0 aliphatic carbocycles. The molecule has 1 aliphatic rings. The van der Waals surface area contributed by atoms with Crippen LogP contribution >= 0.6 is 11.8 Å². The maximum Gasteiger partial charge on any atom is 0.150 e. The molecule has 0 unspecified atom stereocenters. The monoisotopic (exact) mass is 303 g/mol. The van der Waals surface area contributed by atoms with Crippen molar-refractivity contribution in [3.63, 3.8) is 0 Å². The first-order valence-electron chi connectivity index (χ1n) is 7.08. The Morgan fingerprint density at radius 2 is 1.41 bits per heavy atom. The molecular weight excluding hydrogens is 290 g/mol. The molecule has 22 heavy (non-hydrogen) atoms. The number of fused-ring (bicyclic) bond motifs is 2. The van der Waals surface area contributed by atoms with Crippen molar-refractivity contribution in [1.29, 1.82) is 0 Å². The van der Waals surface area contributed by atoms with E-state index in [-0.39, 0.29) is 0 Å². The van der Waals surface area contributed by atoms with Crippen LogP contribution in [0, 0.1) is 0 Å². The Bertz CT molecular complexity index is 814. The van der Waals surface area contributed by atoms with E-state index in [1.807, 2.05) is 36.4 Å². The fraction of sp³-hybridized carbons (Fsp3) is 0. The molecule has 0 fully saturated rings. The summed E-state index contributed by atoms with van der Waals surface area (Å²) < 4.78 is 0. The summed E-state index contributed by atoms with van der Waals surface area (Å²) in [6.07, 6.45) is 0.889. The lowest BCUT2D eigenvalue weighted by atomic mass is 10.1. The van der Waals surface area contributed by atoms with Gasteiger partial charge in [-0.05, 0) is 36.4 Å². The number of rotatable bonds is 2. The third-order valence-electron chi connectivity index (χ3n) is 3.70. The summed E-state index contributed by atoms with van der Waals surface area (Å²) in [5, 5.41) is 0. The van der Waals surface area contributed by atoms with Crippen LogP contribution in [0.25, 0.3) is 0 Å². The van der Waals surface area contributed by atoms with Gasteiger partial charge in [0.1, 0.15) is 6.29 Å². The van der Waals surface area contributed by atoms with Gasteiger partial charge in [0.25, 0.3) is 0 Å². The molecule has 0 amide bonds. The van der Waals surface area contributed by atoms with Crippen molar-refractivity contribution in [3.8, 4) is 0 Å². The van der Waals surface area contributed by atoms with Crippen molar-refractivity contribution >= 4 is 35.1 Å². The molecular formula is C19H13NOS. The fourth-order valence-corrected chi connectivity index (χ4v) is 3.78. The van der Waals surface area contributed by atoms with Gasteiger partial charge in [0.2, 0.25) is 0 Å². The summed E-state index contributed by atoms with van der Waals surface area (Å²) in [6, 6.07) is 24.4. The number of nitrogens with zero attached hydrogens (tertiary/aromatic N) is 1. The van der Waals surface area contributed by atoms with Crippen molar-refractivity contribution in [3.05, 3.63) is 78.4 Å². The first kappa shape index (κ1) is 13.2. The highest BCUT2D eigenvalue weighted by Gasteiger charge is 2.24. The minimum absolute atomic E-state index is 0.686. The van der Waals surface area contributed by atoms with Gasteiger partial charge < -0.3 is 4.90 Å². The van der Waals surface area contributed by atoms with Gasteiger partial charge in [0, 0.05) is 21.0 Å². The fourth-order valence-electron chi connectivity index (χ4n) is 2.72. The van der Waals surface area contributed by atoms with Crippen molar-refractivity contribution in [1.82, 2.24) is 0 Å². The van der Waals surface area contributed by atoms with Crippen molar-refractivity contribution in [2.45, 2.75) is 9.79 Å². The lowest BCUT2D eigenvalue weighted by Crippen LogP contribution is -2.14. The molecule has 3 aromatic rings. The van der Waals surface area contributed by atoms with Gasteiger partial charge in [-0.2, -0.15) is 0 Å². The smallest absolute Gasteiger partial charge is 0.150 e. The second-order valence-electron chi connectivity index (χ2n) is 5.09. The number of benzene rings is 3. The van der Waals surface area contributed by atoms with Crippen molar-refractivity contribution in [2.24, 2.45) is 0 Å². The molecule has 3 heteroatoms. The molecule has 1 heterocycles. The van der Waals surface area contributed by atoms with E-state index in [2.05, 4.69) is 41.3 Å². The standard InChI is InChI=1S/C19H13NOS/c21-13-14-6-5-7-15(12-14)20-16-8-1-3-10-18(16)22-19-11-4-2-9-17(19)20/h1-13H. The van der Waals surface area contributed by atoms with E-state index in [1.165, 1.54) is 9.79 Å². The van der Waals surface area contributed by atoms with Gasteiger partial charge >= 0.3 is 0 Å². The van der Waals surface area contributed by atoms with E-state index in [9.17, 15) is 4.79 Å². The predicted molar refractivity (Wildman–Crippen MR) is 90.6 cm³/mol. The van der Waals surface area contributed by atoms with Crippen molar-refractivity contribution < 1.29 is 4.79 Å². The lowest BCUT2D eigenvalue weighted by molar-refractivity contribution is 0.112. The number of carbonyl (C=O) groups is 1. The number of para-hydroxylation sites is 2. The number of hydrogen-bond acceptors (Lipinski definition) is 3. The third kappa shape index (κ3) is 2.11. The van der Waals surface area contributed by atoms with Crippen LogP contribution in [0.4, 0.5) is 17.1 Å². The molecule has 3 aromatic carbocycles. The van der Waals surface area contributed by atoms with E-state index in [1.54, 1.807) is 11.8 Å². The lowest BCUT2D eigenvalue weighted by Gasteiger charge is -2.32. The summed E-state index contributed by atoms with van der Waals surface area (Å²) >= 11 is 1.78. The Balaban J connectivity index is 1.96. The third-order valence-corrected chi connectivity index (χ3v) is 4.83. The van der Waals surface area contributed by atoms with Crippen molar-refractivity contribution in [2.75, 3.05) is 4.90 Å². The Morgan fingerprint density at radius 1 is 0.773 bits per heavy atom. The molecule has 4 rings (SSSR count). The molecule has 0 radical (unpaired) electrons. The largest absolute Gasteiger partial charge is 0.308 e. The van der Waals surface area contributed by atoms with E-state index >= 15 is 0 Å². The normalized spacial score (nSPS) is 12.5. The summed E-state index contributed by atoms with van der Waals surface area (Å²) in [7, 11) is 0. The minimum Gasteiger partial charge on any atom is -0.308 e. The highest BCUT2D eigenvalue weighted by atomic mass is 32.2. The highest BCUT2D eigenvalue weighted by molar-refractivity contribution is 7.99. The summed E-state index contributed by atoms with van der Waals surface area (Å²) in [5.74, 6) is 0. The molecule has 0 bridgehead atoms. The molecule has 1 aliphatic heterocycles. The van der Waals surface area contributed by atoms with Crippen LogP contribution in [0.15, 0.2) is 82.6 Å². The Hall–Kier alpha value is -2.52. The molecule has 0 aromatic heterocycles. The van der Waals surface area contributed by atoms with Gasteiger partial charge in [-0.15, -0.1) is 0 Å². The molecule has 0 saturated heterocycles. The maximum atomic E-state index is 11.1. The topological polar surface area (TPSA) is 20.3 Å². The highest BCUT2D eigenvalue weighted by Crippen LogP contribution is 2.50. The summed E-state index contributed by atoms with van der Waals surface area (Å²) in [4.78, 5) is 15.8. The van der Waals surface area contributed by atoms with Crippen LogP contribution in [-0.4, -0.2) is 6.29 Å². The van der Waals surface area contributed by atoms with E-state index in [4.69, 9.17) is 0 Å². The molecule has 0 saturated carbocycles. The molecule has 0 spiro atoms. The molecule has 0 atom stereocenters. The maximum absolute atomic E-state index is 11.1. The second-order valence-corrected chi connectivity index (χ2v) is 6.17. The van der Waals surface area contributed by atoms with Crippen LogP contribution in [-0.2, 0) is 0 Å². The van der Waals surface area contributed by atoms with Crippen LogP contribution < -0.4 is 4.90 Å². The van der Waals surface area contributed by atoms with E-state index < -0.39 is 0 Å². The van der Waals surface area contributed by atoms with E-state index in [0.29, 0.717) is 5.56 Å².